The zero-order chi connectivity index (χ0) is 15.0. The molecule has 2 aromatic rings. The molecule has 0 bridgehead atoms. The van der Waals surface area contributed by atoms with E-state index < -0.39 is 0 Å². The summed E-state index contributed by atoms with van der Waals surface area (Å²) in [5.41, 5.74) is 4.57. The Labute approximate surface area is 128 Å². The third-order valence-corrected chi connectivity index (χ3v) is 5.09. The van der Waals surface area contributed by atoms with Gasteiger partial charge in [0, 0.05) is 22.6 Å². The fraction of sp³-hybridized carbons (Fsp3) is 0.579. The number of fused-ring (bicyclic) bond motifs is 1. The van der Waals surface area contributed by atoms with Gasteiger partial charge in [0.25, 0.3) is 0 Å². The third-order valence-electron chi connectivity index (χ3n) is 5.09. The van der Waals surface area contributed by atoms with E-state index in [9.17, 15) is 0 Å². The summed E-state index contributed by atoms with van der Waals surface area (Å²) < 4.78 is 0. The second kappa shape index (κ2) is 5.49. The molecule has 0 aliphatic carbocycles. The van der Waals surface area contributed by atoms with Crippen molar-refractivity contribution in [2.75, 3.05) is 13.1 Å². The van der Waals surface area contributed by atoms with Crippen LogP contribution in [0.2, 0.25) is 0 Å². The molecule has 1 aliphatic rings. The number of aromatic amines is 1. The molecule has 1 fully saturated rings. The van der Waals surface area contributed by atoms with E-state index in [0.29, 0.717) is 5.54 Å². The molecule has 0 atom stereocenters. The van der Waals surface area contributed by atoms with Gasteiger partial charge in [-0.25, -0.2) is 0 Å². The molecule has 2 heteroatoms. The van der Waals surface area contributed by atoms with E-state index in [1.54, 1.807) is 0 Å². The Morgan fingerprint density at radius 2 is 1.90 bits per heavy atom. The van der Waals surface area contributed by atoms with Gasteiger partial charge in [0.2, 0.25) is 0 Å². The van der Waals surface area contributed by atoms with Crippen molar-refractivity contribution in [2.24, 2.45) is 0 Å². The van der Waals surface area contributed by atoms with Gasteiger partial charge in [-0.15, -0.1) is 0 Å². The second-order valence-electron chi connectivity index (χ2n) is 7.40. The van der Waals surface area contributed by atoms with Crippen LogP contribution in [0.15, 0.2) is 24.4 Å². The fourth-order valence-electron chi connectivity index (χ4n) is 3.63. The summed E-state index contributed by atoms with van der Waals surface area (Å²) in [6, 6.07) is 7.03. The van der Waals surface area contributed by atoms with Crippen LogP contribution in [0.1, 0.15) is 57.6 Å². The van der Waals surface area contributed by atoms with Gasteiger partial charge in [0.1, 0.15) is 0 Å². The summed E-state index contributed by atoms with van der Waals surface area (Å²) in [6.45, 7) is 11.7. The van der Waals surface area contributed by atoms with Crippen LogP contribution in [0, 0.1) is 0 Å². The van der Waals surface area contributed by atoms with Crippen LogP contribution in [-0.4, -0.2) is 28.5 Å². The van der Waals surface area contributed by atoms with Crippen molar-refractivity contribution in [1.29, 1.82) is 0 Å². The van der Waals surface area contributed by atoms with Crippen molar-refractivity contribution < 1.29 is 0 Å². The highest BCUT2D eigenvalue weighted by molar-refractivity contribution is 5.84. The molecule has 0 amide bonds. The van der Waals surface area contributed by atoms with Crippen LogP contribution < -0.4 is 0 Å². The number of piperidine rings is 1. The molecule has 1 N–H and O–H groups in total. The summed E-state index contributed by atoms with van der Waals surface area (Å²) in [7, 11) is 0. The molecule has 2 nitrogen and oxygen atoms in total. The number of hydrogen-bond acceptors (Lipinski definition) is 1. The summed E-state index contributed by atoms with van der Waals surface area (Å²) in [5, 5.41) is 1.42. The van der Waals surface area contributed by atoms with Crippen molar-refractivity contribution in [3.05, 3.63) is 35.5 Å². The number of H-pyrrole nitrogens is 1. The number of nitrogens with one attached hydrogen (secondary N) is 1. The van der Waals surface area contributed by atoms with Gasteiger partial charge in [-0.2, -0.15) is 0 Å². The lowest BCUT2D eigenvalue weighted by Gasteiger charge is -2.41. The molecule has 2 heterocycles. The van der Waals surface area contributed by atoms with Crippen LogP contribution in [0.5, 0.6) is 0 Å². The molecule has 0 radical (unpaired) electrons. The van der Waals surface area contributed by atoms with Crippen LogP contribution in [-0.2, 0) is 6.42 Å². The maximum absolute atomic E-state index is 3.39. The molecule has 0 unspecified atom stereocenters. The highest BCUT2D eigenvalue weighted by atomic mass is 15.2. The van der Waals surface area contributed by atoms with E-state index in [2.05, 4.69) is 62.0 Å². The van der Waals surface area contributed by atoms with Crippen LogP contribution in [0.25, 0.3) is 10.9 Å². The number of rotatable bonds is 2. The Hall–Kier alpha value is -1.28. The number of benzene rings is 1. The molecule has 21 heavy (non-hydrogen) atoms. The van der Waals surface area contributed by atoms with Gasteiger partial charge in [-0.3, -0.25) is 4.90 Å². The Morgan fingerprint density at radius 3 is 2.52 bits per heavy atom. The molecule has 1 aromatic carbocycles. The normalized spacial score (nSPS) is 18.5. The van der Waals surface area contributed by atoms with Crippen molar-refractivity contribution >= 4 is 10.9 Å². The highest BCUT2D eigenvalue weighted by Gasteiger charge is 2.27. The van der Waals surface area contributed by atoms with Gasteiger partial charge in [0.05, 0.1) is 0 Å². The van der Waals surface area contributed by atoms with E-state index in [1.807, 2.05) is 0 Å². The largest absolute Gasteiger partial charge is 0.361 e. The third kappa shape index (κ3) is 2.87. The second-order valence-corrected chi connectivity index (χ2v) is 7.40. The van der Waals surface area contributed by atoms with Gasteiger partial charge in [-0.1, -0.05) is 13.0 Å². The fourth-order valence-corrected chi connectivity index (χ4v) is 3.63. The predicted octanol–water partition coefficient (Wildman–Crippen LogP) is 4.71. The quantitative estimate of drug-likeness (QED) is 0.846. The van der Waals surface area contributed by atoms with E-state index in [1.165, 1.54) is 48.0 Å². The maximum atomic E-state index is 3.39. The standard InChI is InChI=1S/C19H28N2/c1-5-14-13-20-18-7-6-16(12-17(14)18)15-8-10-21(11-9-15)19(2,3)4/h6-7,12-13,15,20H,5,8-11H2,1-4H3. The summed E-state index contributed by atoms with van der Waals surface area (Å²) in [6.07, 6.45) is 5.84. The number of nitrogens with zero attached hydrogens (tertiary/aromatic N) is 1. The minimum atomic E-state index is 0.310. The topological polar surface area (TPSA) is 19.0 Å². The van der Waals surface area contributed by atoms with Crippen molar-refractivity contribution in [3.8, 4) is 0 Å². The SMILES string of the molecule is CCc1c[nH]c2ccc(C3CCN(C(C)(C)C)CC3)cc12. The number of hydrogen-bond donors (Lipinski definition) is 1. The lowest BCUT2D eigenvalue weighted by atomic mass is 9.87. The predicted molar refractivity (Wildman–Crippen MR) is 91.0 cm³/mol. The average Bonchev–Trinajstić information content (AvgIpc) is 2.88. The lowest BCUT2D eigenvalue weighted by Crippen LogP contribution is -2.45. The maximum Gasteiger partial charge on any atom is 0.0456 e. The number of aromatic nitrogens is 1. The molecule has 1 saturated heterocycles. The first-order chi connectivity index (χ1) is 9.99. The minimum absolute atomic E-state index is 0.310. The molecule has 1 aliphatic heterocycles. The Balaban J connectivity index is 1.79. The van der Waals surface area contributed by atoms with E-state index in [0.717, 1.165) is 12.3 Å². The first-order valence-electron chi connectivity index (χ1n) is 8.34. The van der Waals surface area contributed by atoms with Crippen LogP contribution in [0.3, 0.4) is 0 Å². The summed E-state index contributed by atoms with van der Waals surface area (Å²) in [4.78, 5) is 6.01. The van der Waals surface area contributed by atoms with Gasteiger partial charge in [-0.05, 0) is 82.3 Å². The highest BCUT2D eigenvalue weighted by Crippen LogP contribution is 2.33. The molecule has 1 aromatic heterocycles. The van der Waals surface area contributed by atoms with Gasteiger partial charge in [0.15, 0.2) is 0 Å². The zero-order valence-corrected chi connectivity index (χ0v) is 13.9. The molecule has 3 rings (SSSR count). The molecule has 114 valence electrons. The lowest BCUT2D eigenvalue weighted by molar-refractivity contribution is 0.102. The van der Waals surface area contributed by atoms with Gasteiger partial charge < -0.3 is 4.98 Å². The van der Waals surface area contributed by atoms with Crippen LogP contribution in [0.4, 0.5) is 0 Å². The Kier molecular flexibility index (Phi) is 3.83. The Morgan fingerprint density at radius 1 is 1.19 bits per heavy atom. The van der Waals surface area contributed by atoms with E-state index >= 15 is 0 Å². The smallest absolute Gasteiger partial charge is 0.0456 e. The van der Waals surface area contributed by atoms with Crippen molar-refractivity contribution in [2.45, 2.75) is 58.4 Å². The van der Waals surface area contributed by atoms with Crippen molar-refractivity contribution in [1.82, 2.24) is 9.88 Å². The van der Waals surface area contributed by atoms with Crippen LogP contribution >= 0.6 is 0 Å². The molecular formula is C19H28N2. The summed E-state index contributed by atoms with van der Waals surface area (Å²) >= 11 is 0. The first-order valence-corrected chi connectivity index (χ1v) is 8.34. The molecule has 0 spiro atoms. The monoisotopic (exact) mass is 284 g/mol. The van der Waals surface area contributed by atoms with Gasteiger partial charge >= 0.3 is 0 Å². The first kappa shape index (κ1) is 14.6. The number of likely N-dealkylation sites (tertiary alicyclic amines) is 1. The average molecular weight is 284 g/mol. The molecular weight excluding hydrogens is 256 g/mol. The van der Waals surface area contributed by atoms with E-state index in [4.69, 9.17) is 0 Å². The van der Waals surface area contributed by atoms with E-state index in [-0.39, 0.29) is 0 Å². The Bertz CT molecular complexity index is 610. The number of aryl methyl sites for hydroxylation is 1. The van der Waals surface area contributed by atoms with Crippen molar-refractivity contribution in [3.63, 3.8) is 0 Å². The molecule has 0 saturated carbocycles. The summed E-state index contributed by atoms with van der Waals surface area (Å²) in [5.74, 6) is 0.729. The zero-order valence-electron chi connectivity index (χ0n) is 13.9. The minimum Gasteiger partial charge on any atom is -0.361 e.